The van der Waals surface area contributed by atoms with Gasteiger partial charge in [-0.25, -0.2) is 18.2 Å². The lowest BCUT2D eigenvalue weighted by atomic mass is 9.74. The maximum absolute atomic E-state index is 13.3. The molecule has 0 amide bonds. The Labute approximate surface area is 147 Å². The average molecular weight is 373 g/mol. The molecule has 1 aliphatic carbocycles. The minimum atomic E-state index is -3.74. The van der Waals surface area contributed by atoms with Gasteiger partial charge in [0, 0.05) is 11.4 Å². The lowest BCUT2D eigenvalue weighted by molar-refractivity contribution is -0.514. The molecule has 24 heavy (non-hydrogen) atoms. The van der Waals surface area contributed by atoms with Gasteiger partial charge in [0.25, 0.3) is 0 Å². The summed E-state index contributed by atoms with van der Waals surface area (Å²) in [6, 6.07) is 6.21. The van der Waals surface area contributed by atoms with Crippen molar-refractivity contribution in [2.24, 2.45) is 5.92 Å². The number of benzene rings is 1. The van der Waals surface area contributed by atoms with Crippen LogP contribution in [-0.2, 0) is 24.3 Å². The Morgan fingerprint density at radius 1 is 1.08 bits per heavy atom. The molecular weight excluding hydrogens is 352 g/mol. The van der Waals surface area contributed by atoms with Crippen LogP contribution >= 0.6 is 11.6 Å². The Bertz CT molecular complexity index is 730. The van der Waals surface area contributed by atoms with Crippen LogP contribution in [0.15, 0.2) is 29.2 Å². The van der Waals surface area contributed by atoms with E-state index in [1.807, 2.05) is 0 Å². The molecule has 1 spiro atoms. The fourth-order valence-corrected chi connectivity index (χ4v) is 6.30. The summed E-state index contributed by atoms with van der Waals surface area (Å²) in [5, 5.41) is 0.498. The molecule has 0 aromatic heterocycles. The van der Waals surface area contributed by atoms with Crippen molar-refractivity contribution < 1.29 is 22.9 Å². The van der Waals surface area contributed by atoms with Crippen molar-refractivity contribution in [3.05, 3.63) is 29.3 Å². The molecule has 5 nitrogen and oxygen atoms in total. The zero-order valence-corrected chi connectivity index (χ0v) is 15.1. The minimum Gasteiger partial charge on any atom is -0.324 e. The average Bonchev–Trinajstić information content (AvgIpc) is 2.80. The Kier molecular flexibility index (Phi) is 3.97. The van der Waals surface area contributed by atoms with Crippen molar-refractivity contribution in [1.29, 1.82) is 0 Å². The molecule has 3 heterocycles. The summed E-state index contributed by atoms with van der Waals surface area (Å²) in [6.07, 6.45) is 5.04. The van der Waals surface area contributed by atoms with Gasteiger partial charge < -0.3 is 4.74 Å². The summed E-state index contributed by atoms with van der Waals surface area (Å²) in [5.41, 5.74) is -1.98. The van der Waals surface area contributed by atoms with Crippen molar-refractivity contribution >= 4 is 21.4 Å². The quantitative estimate of drug-likeness (QED) is 0.738. The van der Waals surface area contributed by atoms with Gasteiger partial charge in [-0.05, 0) is 56.4 Å². The van der Waals surface area contributed by atoms with Crippen molar-refractivity contribution in [3.8, 4) is 0 Å². The van der Waals surface area contributed by atoms with Gasteiger partial charge in [0.2, 0.25) is 9.84 Å². The second kappa shape index (κ2) is 5.68. The van der Waals surface area contributed by atoms with E-state index < -0.39 is 26.7 Å². The highest BCUT2D eigenvalue weighted by Gasteiger charge is 2.63. The molecule has 3 saturated heterocycles. The lowest BCUT2D eigenvalue weighted by Gasteiger charge is -2.49. The summed E-state index contributed by atoms with van der Waals surface area (Å²) >= 11 is 5.90. The topological polar surface area (TPSA) is 61.8 Å². The highest BCUT2D eigenvalue weighted by molar-refractivity contribution is 7.92. The third-order valence-corrected chi connectivity index (χ3v) is 7.80. The smallest absolute Gasteiger partial charge is 0.208 e. The molecule has 4 fully saturated rings. The first kappa shape index (κ1) is 16.8. The van der Waals surface area contributed by atoms with Crippen LogP contribution in [0.2, 0.25) is 5.02 Å². The van der Waals surface area contributed by atoms with Crippen LogP contribution in [0, 0.1) is 5.92 Å². The number of rotatable bonds is 2. The number of fused-ring (bicyclic) bond motifs is 3. The molecule has 3 aliphatic heterocycles. The normalized spacial score (nSPS) is 39.2. The Balaban J connectivity index is 1.81. The van der Waals surface area contributed by atoms with Crippen LogP contribution < -0.4 is 0 Å². The Hall–Kier alpha value is -0.660. The zero-order chi connectivity index (χ0) is 17.0. The van der Waals surface area contributed by atoms with Gasteiger partial charge in [-0.2, -0.15) is 0 Å². The molecule has 1 aromatic carbocycles. The largest absolute Gasteiger partial charge is 0.324 e. The third-order valence-electron chi connectivity index (χ3n) is 5.56. The second-order valence-electron chi connectivity index (χ2n) is 7.19. The van der Waals surface area contributed by atoms with Crippen molar-refractivity contribution in [1.82, 2.24) is 0 Å². The monoisotopic (exact) mass is 372 g/mol. The minimum absolute atomic E-state index is 0.127. The van der Waals surface area contributed by atoms with Crippen molar-refractivity contribution in [3.63, 3.8) is 0 Å². The van der Waals surface area contributed by atoms with E-state index in [0.29, 0.717) is 17.9 Å². The van der Waals surface area contributed by atoms with Crippen LogP contribution in [-0.4, -0.2) is 25.2 Å². The maximum atomic E-state index is 13.3. The van der Waals surface area contributed by atoms with Crippen molar-refractivity contribution in [2.45, 2.75) is 67.2 Å². The number of sulfone groups is 1. The van der Waals surface area contributed by atoms with E-state index in [2.05, 4.69) is 0 Å². The fourth-order valence-electron chi connectivity index (χ4n) is 4.21. The second-order valence-corrected chi connectivity index (χ2v) is 9.61. The molecule has 5 rings (SSSR count). The van der Waals surface area contributed by atoms with Gasteiger partial charge >= 0.3 is 0 Å². The van der Waals surface area contributed by atoms with Gasteiger partial charge in [0.05, 0.1) is 4.90 Å². The molecule has 1 saturated carbocycles. The summed E-state index contributed by atoms with van der Waals surface area (Å²) in [4.78, 5) is 11.5. The summed E-state index contributed by atoms with van der Waals surface area (Å²) < 4.78 is 32.7. The van der Waals surface area contributed by atoms with Crippen LogP contribution in [0.1, 0.15) is 45.4 Å². The molecule has 4 aliphatic rings. The summed E-state index contributed by atoms with van der Waals surface area (Å²) in [7, 11) is -3.74. The first-order valence-corrected chi connectivity index (χ1v) is 10.3. The van der Waals surface area contributed by atoms with E-state index in [0.717, 1.165) is 25.7 Å². The van der Waals surface area contributed by atoms with Gasteiger partial charge in [-0.1, -0.05) is 24.4 Å². The molecular formula is C17H21ClO5S. The van der Waals surface area contributed by atoms with E-state index in [1.54, 1.807) is 19.1 Å². The molecule has 4 atom stereocenters. The molecule has 0 radical (unpaired) electrons. The van der Waals surface area contributed by atoms with E-state index in [1.165, 1.54) is 12.1 Å². The van der Waals surface area contributed by atoms with Gasteiger partial charge in [0.15, 0.2) is 11.2 Å². The first-order valence-electron chi connectivity index (χ1n) is 8.40. The molecule has 0 N–H and O–H groups in total. The van der Waals surface area contributed by atoms with E-state index >= 15 is 0 Å². The zero-order valence-electron chi connectivity index (χ0n) is 13.5. The molecule has 1 aromatic rings. The van der Waals surface area contributed by atoms with E-state index in [9.17, 15) is 8.42 Å². The molecule has 2 bridgehead atoms. The first-order chi connectivity index (χ1) is 11.4. The Morgan fingerprint density at radius 3 is 2.58 bits per heavy atom. The summed E-state index contributed by atoms with van der Waals surface area (Å²) in [5.74, 6) is -0.894. The van der Waals surface area contributed by atoms with Gasteiger partial charge in [-0.15, -0.1) is 0 Å². The van der Waals surface area contributed by atoms with Gasteiger partial charge in [0.1, 0.15) is 5.60 Å². The Morgan fingerprint density at radius 2 is 1.83 bits per heavy atom. The third kappa shape index (κ3) is 2.51. The predicted octanol–water partition coefficient (Wildman–Crippen LogP) is 3.86. The SMILES string of the molecule is C[C@]12CC[C@H]3CCCC[C@@]3(OO1)[C@@H](S(=O)(=O)c1ccc(Cl)cc1)O2. The predicted molar refractivity (Wildman–Crippen MR) is 88.0 cm³/mol. The highest BCUT2D eigenvalue weighted by Crippen LogP contribution is 2.53. The fraction of sp³-hybridized carbons (Fsp3) is 0.647. The van der Waals surface area contributed by atoms with Crippen LogP contribution in [0.5, 0.6) is 0 Å². The van der Waals surface area contributed by atoms with Crippen molar-refractivity contribution in [2.75, 3.05) is 0 Å². The van der Waals surface area contributed by atoms with Crippen LogP contribution in [0.25, 0.3) is 0 Å². The molecule has 7 heteroatoms. The van der Waals surface area contributed by atoms with Crippen LogP contribution in [0.4, 0.5) is 0 Å². The molecule has 132 valence electrons. The van der Waals surface area contributed by atoms with Gasteiger partial charge in [-0.3, -0.25) is 0 Å². The number of ether oxygens (including phenoxy) is 1. The van der Waals surface area contributed by atoms with E-state index in [4.69, 9.17) is 26.1 Å². The van der Waals surface area contributed by atoms with E-state index in [-0.39, 0.29) is 10.8 Å². The number of halogens is 1. The van der Waals surface area contributed by atoms with Crippen LogP contribution in [0.3, 0.4) is 0 Å². The highest BCUT2D eigenvalue weighted by atomic mass is 35.5. The summed E-state index contributed by atoms with van der Waals surface area (Å²) in [6.45, 7) is 1.75. The maximum Gasteiger partial charge on any atom is 0.208 e. The molecule has 0 unspecified atom stereocenters. The standard InChI is InChI=1S/C17H21ClO5S/c1-16-11-9-12-4-2-3-10-17(12,23-22-16)15(21-16)24(19,20)14-7-5-13(18)6-8-14/h5-8,12,15H,2-4,9-11H2,1H3/t12-,15-,16-,17+/m1/s1. The lowest BCUT2D eigenvalue weighted by Crippen LogP contribution is -2.61. The number of hydrogen-bond donors (Lipinski definition) is 0. The number of hydrogen-bond acceptors (Lipinski definition) is 5.